The van der Waals surface area contributed by atoms with Gasteiger partial charge < -0.3 is 20.3 Å². The Hall–Kier alpha value is -4.12. The van der Waals surface area contributed by atoms with Crippen LogP contribution in [-0.2, 0) is 30.9 Å². The van der Waals surface area contributed by atoms with Gasteiger partial charge in [-0.1, -0.05) is 55.5 Å². The molecule has 1 heterocycles. The van der Waals surface area contributed by atoms with Gasteiger partial charge in [0.25, 0.3) is 5.91 Å². The fourth-order valence-corrected chi connectivity index (χ4v) is 5.84. The standard InChI is InChI=1S/C31H38N4O6S/c1-20-15-16-22-11-7-8-12-23(22)24(20)18-34-26-13-9-10-14-27(26)35(42(6,39)40)19-25(29(34)37)33-28(36)21(2)17-32-30(38)41-31(3,4)5/h7-16,21,25H,17-19H2,1-6H3,(H,32,38)(H,33,36)/t21-,25-/m0/s1. The predicted octanol–water partition coefficient (Wildman–Crippen LogP) is 4.11. The maximum atomic E-state index is 14.2. The van der Waals surface area contributed by atoms with Crippen molar-refractivity contribution in [3.05, 3.63) is 71.8 Å². The molecule has 11 heteroatoms. The van der Waals surface area contributed by atoms with Crippen LogP contribution in [0.25, 0.3) is 10.8 Å². The van der Waals surface area contributed by atoms with Gasteiger partial charge in [0, 0.05) is 6.54 Å². The number of fused-ring (bicyclic) bond motifs is 2. The van der Waals surface area contributed by atoms with Gasteiger partial charge in [-0.05, 0) is 61.7 Å². The lowest BCUT2D eigenvalue weighted by Crippen LogP contribution is -2.54. The molecule has 0 unspecified atom stereocenters. The summed E-state index contributed by atoms with van der Waals surface area (Å²) in [7, 11) is -3.82. The van der Waals surface area contributed by atoms with Crippen LogP contribution in [-0.4, -0.2) is 57.3 Å². The zero-order valence-corrected chi connectivity index (χ0v) is 25.6. The molecule has 0 aromatic heterocycles. The molecule has 3 amide bonds. The number of aryl methyl sites for hydroxylation is 1. The molecule has 0 saturated heterocycles. The van der Waals surface area contributed by atoms with E-state index in [1.807, 2.05) is 43.3 Å². The highest BCUT2D eigenvalue weighted by Crippen LogP contribution is 2.36. The first-order valence-corrected chi connectivity index (χ1v) is 15.6. The van der Waals surface area contributed by atoms with Gasteiger partial charge in [-0.25, -0.2) is 13.2 Å². The maximum Gasteiger partial charge on any atom is 0.407 e. The van der Waals surface area contributed by atoms with Crippen molar-refractivity contribution in [3.8, 4) is 0 Å². The fourth-order valence-electron chi connectivity index (χ4n) is 4.91. The number of nitrogens with one attached hydrogen (secondary N) is 2. The Morgan fingerprint density at radius 2 is 1.67 bits per heavy atom. The highest BCUT2D eigenvalue weighted by Gasteiger charge is 2.38. The van der Waals surface area contributed by atoms with E-state index in [1.165, 1.54) is 0 Å². The minimum absolute atomic E-state index is 0.0312. The zero-order chi connectivity index (χ0) is 30.8. The van der Waals surface area contributed by atoms with Gasteiger partial charge in [-0.2, -0.15) is 0 Å². The van der Waals surface area contributed by atoms with Gasteiger partial charge in [0.2, 0.25) is 15.9 Å². The summed E-state index contributed by atoms with van der Waals surface area (Å²) in [5.74, 6) is -1.68. The zero-order valence-electron chi connectivity index (χ0n) is 24.8. The number of sulfonamides is 1. The number of hydrogen-bond donors (Lipinski definition) is 2. The number of ether oxygens (including phenoxy) is 1. The largest absolute Gasteiger partial charge is 0.444 e. The van der Waals surface area contributed by atoms with Crippen LogP contribution in [0.1, 0.15) is 38.8 Å². The molecule has 0 spiro atoms. The Kier molecular flexibility index (Phi) is 8.81. The average Bonchev–Trinajstić information content (AvgIpc) is 3.02. The molecule has 224 valence electrons. The molecule has 2 N–H and O–H groups in total. The quantitative estimate of drug-likeness (QED) is 0.424. The van der Waals surface area contributed by atoms with E-state index < -0.39 is 45.5 Å². The lowest BCUT2D eigenvalue weighted by Gasteiger charge is -2.27. The highest BCUT2D eigenvalue weighted by molar-refractivity contribution is 7.92. The van der Waals surface area contributed by atoms with E-state index >= 15 is 0 Å². The van der Waals surface area contributed by atoms with Gasteiger partial charge in [0.15, 0.2) is 0 Å². The molecule has 1 aliphatic heterocycles. The lowest BCUT2D eigenvalue weighted by atomic mass is 9.99. The number of hydrogen-bond acceptors (Lipinski definition) is 6. The van der Waals surface area contributed by atoms with Gasteiger partial charge in [0.1, 0.15) is 11.6 Å². The fraction of sp³-hybridized carbons (Fsp3) is 0.387. The van der Waals surface area contributed by atoms with Crippen molar-refractivity contribution in [2.24, 2.45) is 5.92 Å². The molecule has 10 nitrogen and oxygen atoms in total. The van der Waals surface area contributed by atoms with Crippen molar-refractivity contribution in [3.63, 3.8) is 0 Å². The summed E-state index contributed by atoms with van der Waals surface area (Å²) in [6, 6.07) is 17.5. The summed E-state index contributed by atoms with van der Waals surface area (Å²) in [5, 5.41) is 7.32. The van der Waals surface area contributed by atoms with Crippen LogP contribution in [0.3, 0.4) is 0 Å². The normalized spacial score (nSPS) is 16.4. The van der Waals surface area contributed by atoms with Crippen molar-refractivity contribution in [2.75, 3.05) is 28.6 Å². The third-order valence-corrected chi connectivity index (χ3v) is 8.21. The van der Waals surface area contributed by atoms with Crippen LogP contribution in [0.2, 0.25) is 0 Å². The molecule has 0 aliphatic carbocycles. The average molecular weight is 595 g/mol. The number of rotatable bonds is 7. The summed E-state index contributed by atoms with van der Waals surface area (Å²) in [4.78, 5) is 41.1. The third-order valence-electron chi connectivity index (χ3n) is 7.06. The van der Waals surface area contributed by atoms with Gasteiger partial charge in [0.05, 0.1) is 36.6 Å². The van der Waals surface area contributed by atoms with Crippen LogP contribution in [0.4, 0.5) is 16.2 Å². The number of nitrogens with zero attached hydrogens (tertiary/aromatic N) is 2. The molecule has 3 aromatic carbocycles. The molecule has 0 fully saturated rings. The minimum atomic E-state index is -3.82. The van der Waals surface area contributed by atoms with Crippen LogP contribution in [0.5, 0.6) is 0 Å². The Bertz CT molecular complexity index is 1620. The summed E-state index contributed by atoms with van der Waals surface area (Å²) in [6.45, 7) is 8.63. The SMILES string of the molecule is Cc1ccc2ccccc2c1CN1C(=O)[C@@H](NC(=O)[C@@H](C)CNC(=O)OC(C)(C)C)CN(S(C)(=O)=O)c2ccccc21. The topological polar surface area (TPSA) is 125 Å². The number of anilines is 2. The first kappa shape index (κ1) is 30.8. The second-order valence-corrected chi connectivity index (χ2v) is 13.5. The molecule has 42 heavy (non-hydrogen) atoms. The summed E-state index contributed by atoms with van der Waals surface area (Å²) >= 11 is 0. The van der Waals surface area contributed by atoms with Gasteiger partial charge in [-0.15, -0.1) is 0 Å². The second kappa shape index (κ2) is 12.0. The first-order chi connectivity index (χ1) is 19.7. The summed E-state index contributed by atoms with van der Waals surface area (Å²) in [5.41, 5.74) is 1.98. The Morgan fingerprint density at radius 1 is 1.02 bits per heavy atom. The second-order valence-electron chi connectivity index (χ2n) is 11.6. The number of amides is 3. The molecule has 0 saturated carbocycles. The van der Waals surface area contributed by atoms with Crippen molar-refractivity contribution >= 4 is 50.1 Å². The van der Waals surface area contributed by atoms with E-state index in [2.05, 4.69) is 10.6 Å². The lowest BCUT2D eigenvalue weighted by molar-refractivity contribution is -0.129. The molecule has 0 radical (unpaired) electrons. The molecule has 3 aromatic rings. The summed E-state index contributed by atoms with van der Waals surface area (Å²) < 4.78 is 32.4. The highest BCUT2D eigenvalue weighted by atomic mass is 32.2. The monoisotopic (exact) mass is 594 g/mol. The number of carbonyl (C=O) groups is 3. The first-order valence-electron chi connectivity index (χ1n) is 13.8. The Labute approximate surface area is 247 Å². The van der Waals surface area contributed by atoms with Gasteiger partial charge >= 0.3 is 6.09 Å². The molecule has 0 bridgehead atoms. The number of para-hydroxylation sites is 2. The van der Waals surface area contributed by atoms with Crippen LogP contribution < -0.4 is 19.8 Å². The van der Waals surface area contributed by atoms with E-state index in [9.17, 15) is 22.8 Å². The Balaban J connectivity index is 1.68. The summed E-state index contributed by atoms with van der Waals surface area (Å²) in [6.07, 6.45) is 0.411. The van der Waals surface area contributed by atoms with Crippen LogP contribution >= 0.6 is 0 Å². The smallest absolute Gasteiger partial charge is 0.407 e. The van der Waals surface area contributed by atoms with E-state index in [-0.39, 0.29) is 19.6 Å². The molecule has 1 aliphatic rings. The van der Waals surface area contributed by atoms with Crippen LogP contribution in [0, 0.1) is 12.8 Å². The molecular formula is C31H38N4O6S. The number of benzene rings is 3. The number of alkyl carbamates (subject to hydrolysis) is 1. The van der Waals surface area contributed by atoms with Crippen molar-refractivity contribution in [1.29, 1.82) is 0 Å². The van der Waals surface area contributed by atoms with Crippen molar-refractivity contribution in [2.45, 2.75) is 52.8 Å². The van der Waals surface area contributed by atoms with Crippen LogP contribution in [0.15, 0.2) is 60.7 Å². The number of carbonyl (C=O) groups excluding carboxylic acids is 3. The Morgan fingerprint density at radius 3 is 2.33 bits per heavy atom. The molecular weight excluding hydrogens is 556 g/mol. The van der Waals surface area contributed by atoms with Crippen molar-refractivity contribution < 1.29 is 27.5 Å². The molecule has 4 rings (SSSR count). The van der Waals surface area contributed by atoms with Crippen molar-refractivity contribution in [1.82, 2.24) is 10.6 Å². The van der Waals surface area contributed by atoms with E-state index in [4.69, 9.17) is 4.74 Å². The molecule has 2 atom stereocenters. The van der Waals surface area contributed by atoms with Gasteiger partial charge in [-0.3, -0.25) is 13.9 Å². The third kappa shape index (κ3) is 7.02. The van der Waals surface area contributed by atoms with E-state index in [0.717, 1.165) is 32.5 Å². The maximum absolute atomic E-state index is 14.2. The van der Waals surface area contributed by atoms with E-state index in [0.29, 0.717) is 11.4 Å². The van der Waals surface area contributed by atoms with E-state index in [1.54, 1.807) is 56.9 Å². The predicted molar refractivity (Wildman–Crippen MR) is 164 cm³/mol. The minimum Gasteiger partial charge on any atom is -0.444 e.